The summed E-state index contributed by atoms with van der Waals surface area (Å²) in [6.07, 6.45) is 6.29. The van der Waals surface area contributed by atoms with E-state index < -0.39 is 10.0 Å². The van der Waals surface area contributed by atoms with E-state index in [9.17, 15) is 8.42 Å². The zero-order valence-electron chi connectivity index (χ0n) is 10.8. The molecule has 1 aliphatic carbocycles. The number of unbranched alkanes of at least 4 members (excludes halogenated alkanes) is 1. The van der Waals surface area contributed by atoms with E-state index >= 15 is 0 Å². The van der Waals surface area contributed by atoms with Crippen LogP contribution in [0, 0.1) is 11.8 Å². The molecule has 2 atom stereocenters. The molecule has 0 radical (unpaired) electrons. The van der Waals surface area contributed by atoms with E-state index in [4.69, 9.17) is 5.73 Å². The van der Waals surface area contributed by atoms with Crippen LogP contribution >= 0.6 is 0 Å². The lowest BCUT2D eigenvalue weighted by atomic mass is 9.83. The molecule has 102 valence electrons. The summed E-state index contributed by atoms with van der Waals surface area (Å²) in [5, 5.41) is 0. The second-order valence-corrected chi connectivity index (χ2v) is 7.23. The zero-order chi connectivity index (χ0) is 12.7. The molecule has 4 nitrogen and oxygen atoms in total. The van der Waals surface area contributed by atoms with Crippen LogP contribution in [0.4, 0.5) is 0 Å². The van der Waals surface area contributed by atoms with Crippen molar-refractivity contribution in [1.82, 2.24) is 4.72 Å². The molecule has 0 aromatic heterocycles. The lowest BCUT2D eigenvalue weighted by Gasteiger charge is -2.26. The molecule has 0 aliphatic heterocycles. The molecule has 1 aliphatic rings. The van der Waals surface area contributed by atoms with Gasteiger partial charge in [-0.1, -0.05) is 19.8 Å². The van der Waals surface area contributed by atoms with Crippen LogP contribution < -0.4 is 10.5 Å². The summed E-state index contributed by atoms with van der Waals surface area (Å²) in [4.78, 5) is 0. The van der Waals surface area contributed by atoms with Crippen molar-refractivity contribution in [3.8, 4) is 0 Å². The molecule has 3 N–H and O–H groups in total. The van der Waals surface area contributed by atoms with Gasteiger partial charge in [0, 0.05) is 6.54 Å². The standard InChI is InChI=1S/C12H26N2O2S/c1-11-5-4-6-12(9-11)10-14-17(15,16)8-3-2-7-13/h11-12,14H,2-10,13H2,1H3. The van der Waals surface area contributed by atoms with Gasteiger partial charge in [-0.15, -0.1) is 0 Å². The average molecular weight is 262 g/mol. The monoisotopic (exact) mass is 262 g/mol. The Balaban J connectivity index is 2.23. The van der Waals surface area contributed by atoms with Crippen molar-refractivity contribution < 1.29 is 8.42 Å². The van der Waals surface area contributed by atoms with E-state index in [1.807, 2.05) is 0 Å². The van der Waals surface area contributed by atoms with E-state index in [-0.39, 0.29) is 5.75 Å². The van der Waals surface area contributed by atoms with Crippen molar-refractivity contribution in [3.05, 3.63) is 0 Å². The van der Waals surface area contributed by atoms with E-state index in [0.29, 0.717) is 25.4 Å². The SMILES string of the molecule is CC1CCCC(CNS(=O)(=O)CCCCN)C1. The first kappa shape index (κ1) is 14.9. The van der Waals surface area contributed by atoms with E-state index in [0.717, 1.165) is 25.2 Å². The first-order valence-corrected chi connectivity index (χ1v) is 8.36. The summed E-state index contributed by atoms with van der Waals surface area (Å²) in [6, 6.07) is 0. The molecule has 0 bridgehead atoms. The van der Waals surface area contributed by atoms with Crippen LogP contribution in [0.5, 0.6) is 0 Å². The second-order valence-electron chi connectivity index (χ2n) is 5.30. The second kappa shape index (κ2) is 7.34. The average Bonchev–Trinajstić information content (AvgIpc) is 2.27. The Morgan fingerprint density at radius 1 is 1.29 bits per heavy atom. The minimum Gasteiger partial charge on any atom is -0.330 e. The number of hydrogen-bond acceptors (Lipinski definition) is 3. The zero-order valence-corrected chi connectivity index (χ0v) is 11.6. The minimum atomic E-state index is -3.08. The Morgan fingerprint density at radius 2 is 2.06 bits per heavy atom. The fraction of sp³-hybridized carbons (Fsp3) is 1.00. The Bertz CT molecular complexity index is 304. The summed E-state index contributed by atoms with van der Waals surface area (Å²) in [5.74, 6) is 1.49. The van der Waals surface area contributed by atoms with Crippen molar-refractivity contribution in [2.45, 2.75) is 45.4 Å². The largest absolute Gasteiger partial charge is 0.330 e. The summed E-state index contributed by atoms with van der Waals surface area (Å²) in [5.41, 5.74) is 5.35. The molecular weight excluding hydrogens is 236 g/mol. The Kier molecular flexibility index (Phi) is 6.44. The van der Waals surface area contributed by atoms with E-state index in [2.05, 4.69) is 11.6 Å². The predicted octanol–water partition coefficient (Wildman–Crippen LogP) is 1.47. The van der Waals surface area contributed by atoms with Crippen LogP contribution in [-0.4, -0.2) is 27.3 Å². The van der Waals surface area contributed by atoms with Gasteiger partial charge >= 0.3 is 0 Å². The fourth-order valence-electron chi connectivity index (χ4n) is 2.50. The third-order valence-electron chi connectivity index (χ3n) is 3.50. The number of nitrogens with one attached hydrogen (secondary N) is 1. The van der Waals surface area contributed by atoms with Crippen molar-refractivity contribution in [3.63, 3.8) is 0 Å². The number of sulfonamides is 1. The highest BCUT2D eigenvalue weighted by molar-refractivity contribution is 7.89. The Hall–Kier alpha value is -0.130. The molecule has 0 aromatic carbocycles. The molecule has 0 aromatic rings. The van der Waals surface area contributed by atoms with Crippen LogP contribution in [0.25, 0.3) is 0 Å². The van der Waals surface area contributed by atoms with E-state index in [1.54, 1.807) is 0 Å². The smallest absolute Gasteiger partial charge is 0.211 e. The maximum atomic E-state index is 11.7. The predicted molar refractivity (Wildman–Crippen MR) is 71.2 cm³/mol. The molecule has 1 rings (SSSR count). The van der Waals surface area contributed by atoms with Crippen molar-refractivity contribution in [2.24, 2.45) is 17.6 Å². The molecule has 1 fully saturated rings. The number of nitrogens with two attached hydrogens (primary N) is 1. The van der Waals surface area contributed by atoms with Crippen LogP contribution in [0.1, 0.15) is 45.4 Å². The van der Waals surface area contributed by atoms with Gasteiger partial charge in [0.25, 0.3) is 0 Å². The van der Waals surface area contributed by atoms with Crippen molar-refractivity contribution in [1.29, 1.82) is 0 Å². The molecule has 5 heteroatoms. The quantitative estimate of drug-likeness (QED) is 0.682. The maximum Gasteiger partial charge on any atom is 0.211 e. The van der Waals surface area contributed by atoms with Crippen molar-refractivity contribution >= 4 is 10.0 Å². The topological polar surface area (TPSA) is 72.2 Å². The summed E-state index contributed by atoms with van der Waals surface area (Å²) in [7, 11) is -3.08. The third-order valence-corrected chi connectivity index (χ3v) is 4.94. The molecule has 0 spiro atoms. The first-order chi connectivity index (χ1) is 8.03. The van der Waals surface area contributed by atoms with Crippen LogP contribution in [-0.2, 0) is 10.0 Å². The molecule has 1 saturated carbocycles. The molecule has 2 unspecified atom stereocenters. The molecule has 0 heterocycles. The molecule has 0 amide bonds. The van der Waals surface area contributed by atoms with Crippen LogP contribution in [0.15, 0.2) is 0 Å². The van der Waals surface area contributed by atoms with Gasteiger partial charge in [-0.05, 0) is 44.1 Å². The summed E-state index contributed by atoms with van der Waals surface area (Å²) >= 11 is 0. The lowest BCUT2D eigenvalue weighted by Crippen LogP contribution is -2.33. The first-order valence-electron chi connectivity index (χ1n) is 6.71. The summed E-state index contributed by atoms with van der Waals surface area (Å²) < 4.78 is 26.1. The van der Waals surface area contributed by atoms with Crippen LogP contribution in [0.3, 0.4) is 0 Å². The van der Waals surface area contributed by atoms with Gasteiger partial charge in [0.1, 0.15) is 0 Å². The maximum absolute atomic E-state index is 11.7. The van der Waals surface area contributed by atoms with Gasteiger partial charge in [0.05, 0.1) is 5.75 Å². The minimum absolute atomic E-state index is 0.215. The lowest BCUT2D eigenvalue weighted by molar-refractivity contribution is 0.283. The van der Waals surface area contributed by atoms with Gasteiger partial charge in [-0.3, -0.25) is 0 Å². The number of hydrogen-bond donors (Lipinski definition) is 2. The highest BCUT2D eigenvalue weighted by Gasteiger charge is 2.20. The number of rotatable bonds is 7. The van der Waals surface area contributed by atoms with Gasteiger partial charge in [-0.2, -0.15) is 0 Å². The van der Waals surface area contributed by atoms with Gasteiger partial charge in [0.2, 0.25) is 10.0 Å². The third kappa shape index (κ3) is 6.38. The van der Waals surface area contributed by atoms with Gasteiger partial charge in [-0.25, -0.2) is 13.1 Å². The highest BCUT2D eigenvalue weighted by atomic mass is 32.2. The van der Waals surface area contributed by atoms with Gasteiger partial charge < -0.3 is 5.73 Å². The molecule has 0 saturated heterocycles. The highest BCUT2D eigenvalue weighted by Crippen LogP contribution is 2.27. The molecule has 17 heavy (non-hydrogen) atoms. The van der Waals surface area contributed by atoms with E-state index in [1.165, 1.54) is 12.8 Å². The normalized spacial score (nSPS) is 26.0. The Labute approximate surface area is 105 Å². The van der Waals surface area contributed by atoms with Gasteiger partial charge in [0.15, 0.2) is 0 Å². The summed E-state index contributed by atoms with van der Waals surface area (Å²) in [6.45, 7) is 3.44. The Morgan fingerprint density at radius 3 is 2.71 bits per heavy atom. The van der Waals surface area contributed by atoms with Crippen molar-refractivity contribution in [2.75, 3.05) is 18.8 Å². The fourth-order valence-corrected chi connectivity index (χ4v) is 3.72. The molecular formula is C12H26N2O2S. The van der Waals surface area contributed by atoms with Crippen LogP contribution in [0.2, 0.25) is 0 Å².